The number of benzene rings is 1. The molecule has 0 aromatic heterocycles. The maximum atomic E-state index is 10.8. The van der Waals surface area contributed by atoms with Crippen LogP contribution < -0.4 is 4.74 Å². The largest absolute Gasteiger partial charge is 0.491 e. The van der Waals surface area contributed by atoms with Gasteiger partial charge in [0.05, 0.1) is 47.6 Å². The minimum absolute atomic E-state index is 0.0422. The lowest BCUT2D eigenvalue weighted by molar-refractivity contribution is -0.385. The summed E-state index contributed by atoms with van der Waals surface area (Å²) in [6, 6.07) is 4.76. The van der Waals surface area contributed by atoms with Gasteiger partial charge in [0, 0.05) is 7.11 Å². The highest BCUT2D eigenvalue weighted by Crippen LogP contribution is 2.25. The summed E-state index contributed by atoms with van der Waals surface area (Å²) >= 11 is 1.92. The van der Waals surface area contributed by atoms with Crippen molar-refractivity contribution in [3.05, 3.63) is 31.9 Å². The summed E-state index contributed by atoms with van der Waals surface area (Å²) < 4.78 is 21.4. The van der Waals surface area contributed by atoms with Crippen LogP contribution in [0.3, 0.4) is 0 Å². The van der Waals surface area contributed by atoms with Crippen LogP contribution in [0.2, 0.25) is 0 Å². The molecule has 8 heteroatoms. The third-order valence-corrected chi connectivity index (χ3v) is 3.33. The first-order valence-corrected chi connectivity index (χ1v) is 7.44. The smallest absolute Gasteiger partial charge is 0.286 e. The van der Waals surface area contributed by atoms with Crippen molar-refractivity contribution in [3.8, 4) is 5.75 Å². The molecular weight excluding hydrogens is 393 g/mol. The Hall–Kier alpha value is -0.970. The molecule has 0 saturated heterocycles. The molecule has 1 rings (SSSR count). The van der Waals surface area contributed by atoms with Gasteiger partial charge >= 0.3 is 0 Å². The molecule has 0 heterocycles. The van der Waals surface area contributed by atoms with Crippen molar-refractivity contribution < 1.29 is 23.9 Å². The fourth-order valence-electron chi connectivity index (χ4n) is 1.40. The second-order valence-corrected chi connectivity index (χ2v) is 5.10. The summed E-state index contributed by atoms with van der Waals surface area (Å²) in [4.78, 5) is 10.4. The highest BCUT2D eigenvalue weighted by molar-refractivity contribution is 14.1. The van der Waals surface area contributed by atoms with Gasteiger partial charge in [0.15, 0.2) is 0 Å². The summed E-state index contributed by atoms with van der Waals surface area (Å²) in [7, 11) is 1.62. The zero-order valence-electron chi connectivity index (χ0n) is 11.7. The molecule has 118 valence electrons. The van der Waals surface area contributed by atoms with E-state index in [1.165, 1.54) is 6.07 Å². The number of ether oxygens (including phenoxy) is 4. The van der Waals surface area contributed by atoms with Crippen molar-refractivity contribution >= 4 is 28.3 Å². The van der Waals surface area contributed by atoms with Gasteiger partial charge in [-0.3, -0.25) is 10.1 Å². The van der Waals surface area contributed by atoms with E-state index < -0.39 is 4.92 Å². The van der Waals surface area contributed by atoms with Crippen LogP contribution in [-0.4, -0.2) is 51.7 Å². The van der Waals surface area contributed by atoms with Crippen LogP contribution in [0.4, 0.5) is 5.69 Å². The fraction of sp³-hybridized carbons (Fsp3) is 0.538. The topological polar surface area (TPSA) is 80.1 Å². The van der Waals surface area contributed by atoms with Crippen LogP contribution >= 0.6 is 22.6 Å². The number of halogens is 1. The van der Waals surface area contributed by atoms with E-state index in [4.69, 9.17) is 18.9 Å². The van der Waals surface area contributed by atoms with Gasteiger partial charge in [0.2, 0.25) is 0 Å². The zero-order chi connectivity index (χ0) is 15.5. The van der Waals surface area contributed by atoms with Gasteiger partial charge in [-0.25, -0.2) is 0 Å². The van der Waals surface area contributed by atoms with E-state index in [2.05, 4.69) is 0 Å². The van der Waals surface area contributed by atoms with E-state index in [1.54, 1.807) is 19.2 Å². The van der Waals surface area contributed by atoms with Crippen LogP contribution in [0, 0.1) is 13.7 Å². The molecule has 0 aliphatic heterocycles. The lowest BCUT2D eigenvalue weighted by Crippen LogP contribution is -2.12. The van der Waals surface area contributed by atoms with E-state index in [0.29, 0.717) is 49.0 Å². The van der Waals surface area contributed by atoms with Gasteiger partial charge in [-0.15, -0.1) is 0 Å². The Morgan fingerprint density at radius 3 is 2.33 bits per heavy atom. The second-order valence-electron chi connectivity index (χ2n) is 3.94. The molecule has 0 bridgehead atoms. The van der Waals surface area contributed by atoms with Crippen molar-refractivity contribution in [1.82, 2.24) is 0 Å². The molecule has 0 aliphatic carbocycles. The monoisotopic (exact) mass is 411 g/mol. The molecule has 0 fully saturated rings. The first kappa shape index (κ1) is 18.1. The van der Waals surface area contributed by atoms with E-state index >= 15 is 0 Å². The molecule has 0 N–H and O–H groups in total. The van der Waals surface area contributed by atoms with Gasteiger partial charge in [-0.05, 0) is 34.7 Å². The van der Waals surface area contributed by atoms with Crippen LogP contribution in [0.5, 0.6) is 5.75 Å². The van der Waals surface area contributed by atoms with Crippen molar-refractivity contribution in [3.63, 3.8) is 0 Å². The Morgan fingerprint density at radius 1 is 1.10 bits per heavy atom. The number of hydrogen-bond donors (Lipinski definition) is 0. The Bertz CT molecular complexity index is 443. The predicted molar refractivity (Wildman–Crippen MR) is 84.8 cm³/mol. The Kier molecular flexibility index (Phi) is 9.22. The Labute approximate surface area is 136 Å². The number of nitrogens with zero attached hydrogens (tertiary/aromatic N) is 1. The van der Waals surface area contributed by atoms with E-state index in [0.717, 1.165) is 0 Å². The lowest BCUT2D eigenvalue weighted by atomic mass is 10.3. The molecule has 0 amide bonds. The molecule has 1 aromatic carbocycles. The summed E-state index contributed by atoms with van der Waals surface area (Å²) in [6.45, 7) is 2.80. The van der Waals surface area contributed by atoms with Crippen LogP contribution in [0.25, 0.3) is 0 Å². The Morgan fingerprint density at radius 2 is 1.71 bits per heavy atom. The lowest BCUT2D eigenvalue weighted by Gasteiger charge is -2.08. The molecule has 7 nitrogen and oxygen atoms in total. The molecule has 0 unspecified atom stereocenters. The Balaban J connectivity index is 2.16. The van der Waals surface area contributed by atoms with Gasteiger partial charge < -0.3 is 18.9 Å². The number of hydrogen-bond acceptors (Lipinski definition) is 6. The average molecular weight is 411 g/mol. The third-order valence-electron chi connectivity index (χ3n) is 2.41. The van der Waals surface area contributed by atoms with Gasteiger partial charge in [0.25, 0.3) is 5.69 Å². The number of methoxy groups -OCH3 is 1. The molecule has 1 aromatic rings. The van der Waals surface area contributed by atoms with Crippen molar-refractivity contribution in [2.45, 2.75) is 0 Å². The molecular formula is C13H18INO6. The highest BCUT2D eigenvalue weighted by Gasteiger charge is 2.12. The van der Waals surface area contributed by atoms with Gasteiger partial charge in [-0.1, -0.05) is 0 Å². The normalized spacial score (nSPS) is 10.6. The predicted octanol–water partition coefficient (Wildman–Crippen LogP) is 2.26. The quantitative estimate of drug-likeness (QED) is 0.241. The molecule has 0 spiro atoms. The maximum absolute atomic E-state index is 10.8. The van der Waals surface area contributed by atoms with Crippen molar-refractivity contribution in [1.29, 1.82) is 0 Å². The summed E-state index contributed by atoms with van der Waals surface area (Å²) in [5, 5.41) is 10.8. The first-order chi connectivity index (χ1) is 10.1. The number of nitro benzene ring substituents is 1. The summed E-state index contributed by atoms with van der Waals surface area (Å²) in [5.41, 5.74) is 0.0422. The second kappa shape index (κ2) is 10.7. The van der Waals surface area contributed by atoms with E-state index in [-0.39, 0.29) is 5.69 Å². The molecule has 0 saturated carbocycles. The van der Waals surface area contributed by atoms with Crippen LogP contribution in [-0.2, 0) is 14.2 Å². The highest BCUT2D eigenvalue weighted by atomic mass is 127. The van der Waals surface area contributed by atoms with Crippen molar-refractivity contribution in [2.75, 3.05) is 46.8 Å². The number of rotatable bonds is 11. The fourth-order valence-corrected chi connectivity index (χ4v) is 1.94. The van der Waals surface area contributed by atoms with Crippen LogP contribution in [0.15, 0.2) is 18.2 Å². The minimum Gasteiger partial charge on any atom is -0.491 e. The first-order valence-electron chi connectivity index (χ1n) is 6.36. The summed E-state index contributed by atoms with van der Waals surface area (Å²) in [5.74, 6) is 0.460. The van der Waals surface area contributed by atoms with Crippen molar-refractivity contribution in [2.24, 2.45) is 0 Å². The standard InChI is InChI=1S/C13H18INO6/c1-18-4-5-19-6-7-20-8-9-21-11-2-3-12(14)13(10-11)15(16)17/h2-3,10H,4-9H2,1H3. The van der Waals surface area contributed by atoms with Crippen LogP contribution in [0.1, 0.15) is 0 Å². The molecule has 0 radical (unpaired) electrons. The zero-order valence-corrected chi connectivity index (χ0v) is 13.9. The SMILES string of the molecule is COCCOCCOCCOc1ccc(I)c([N+](=O)[O-])c1. The van der Waals surface area contributed by atoms with Gasteiger partial charge in [-0.2, -0.15) is 0 Å². The molecule has 0 atom stereocenters. The molecule has 0 aliphatic rings. The average Bonchev–Trinajstić information content (AvgIpc) is 2.47. The third kappa shape index (κ3) is 7.55. The number of nitro groups is 1. The minimum atomic E-state index is -0.428. The maximum Gasteiger partial charge on any atom is 0.286 e. The molecule has 21 heavy (non-hydrogen) atoms. The van der Waals surface area contributed by atoms with E-state index in [9.17, 15) is 10.1 Å². The summed E-state index contributed by atoms with van der Waals surface area (Å²) in [6.07, 6.45) is 0. The van der Waals surface area contributed by atoms with E-state index in [1.807, 2.05) is 22.6 Å². The van der Waals surface area contributed by atoms with Gasteiger partial charge in [0.1, 0.15) is 12.4 Å².